The number of hydrogen-bond acceptors (Lipinski definition) is 5. The van der Waals surface area contributed by atoms with Gasteiger partial charge in [-0.3, -0.25) is 0 Å². The Kier molecular flexibility index (Phi) is 11.4. The van der Waals surface area contributed by atoms with Crippen molar-refractivity contribution in [1.29, 1.82) is 0 Å². The molecule has 0 aliphatic carbocycles. The normalized spacial score (nSPS) is 11.8. The Balaban J connectivity index is 0.000000340. The van der Waals surface area contributed by atoms with Gasteiger partial charge in [0.2, 0.25) is 6.20 Å². The van der Waals surface area contributed by atoms with Crippen LogP contribution in [0, 0.1) is 13.8 Å². The fraction of sp³-hybridized carbons (Fsp3) is 0.636. The molecule has 2 aromatic rings. The number of aromatic nitrogens is 4. The molecule has 0 aliphatic heterocycles. The van der Waals surface area contributed by atoms with Crippen LogP contribution in [0.5, 0.6) is 0 Å². The molecule has 10 nitrogen and oxygen atoms in total. The highest BCUT2D eigenvalue weighted by molar-refractivity contribution is 6.76. The number of aromatic carboxylic acids is 2. The van der Waals surface area contributed by atoms with Gasteiger partial charge in [0.05, 0.1) is 24.2 Å². The average Bonchev–Trinajstić information content (AvgIpc) is 3.24. The lowest BCUT2D eigenvalue weighted by atomic mass is 10.3. The van der Waals surface area contributed by atoms with Crippen LogP contribution < -0.4 is 4.68 Å². The molecular formula is C22H41N4O6Si2+. The number of aromatic amines is 1. The highest BCUT2D eigenvalue weighted by atomic mass is 28.3. The van der Waals surface area contributed by atoms with Gasteiger partial charge in [-0.15, -0.1) is 0 Å². The Bertz CT molecular complexity index is 932. The summed E-state index contributed by atoms with van der Waals surface area (Å²) in [5.74, 6) is -1.87. The number of aryl methyl sites for hydroxylation is 1. The Morgan fingerprint density at radius 2 is 1.50 bits per heavy atom. The predicted octanol–water partition coefficient (Wildman–Crippen LogP) is 3.82. The summed E-state index contributed by atoms with van der Waals surface area (Å²) >= 11 is 0. The number of rotatable bonds is 12. The Morgan fingerprint density at radius 1 is 0.971 bits per heavy atom. The lowest BCUT2D eigenvalue weighted by Crippen LogP contribution is -2.37. The van der Waals surface area contributed by atoms with Gasteiger partial charge in [0.15, 0.2) is 0 Å². The van der Waals surface area contributed by atoms with E-state index in [-0.39, 0.29) is 5.56 Å². The summed E-state index contributed by atoms with van der Waals surface area (Å²) in [5, 5.41) is 24.7. The quantitative estimate of drug-likeness (QED) is 0.223. The van der Waals surface area contributed by atoms with E-state index in [1.165, 1.54) is 6.20 Å². The lowest BCUT2D eigenvalue weighted by molar-refractivity contribution is -0.781. The van der Waals surface area contributed by atoms with Crippen LogP contribution in [0.1, 0.15) is 32.1 Å². The van der Waals surface area contributed by atoms with Crippen LogP contribution in [0.25, 0.3) is 0 Å². The molecule has 0 unspecified atom stereocenters. The number of nitrogens with one attached hydrogen (secondary N) is 1. The molecule has 0 atom stereocenters. The zero-order valence-corrected chi connectivity index (χ0v) is 23.8. The molecule has 2 aromatic heterocycles. The molecule has 0 aliphatic rings. The number of nitrogens with zero attached hydrogens (tertiary/aromatic N) is 3. The Labute approximate surface area is 203 Å². The second kappa shape index (κ2) is 13.0. The van der Waals surface area contributed by atoms with E-state index < -0.39 is 28.1 Å². The van der Waals surface area contributed by atoms with Crippen LogP contribution >= 0.6 is 0 Å². The van der Waals surface area contributed by atoms with E-state index in [0.29, 0.717) is 37.0 Å². The minimum absolute atomic E-state index is 0.235. The van der Waals surface area contributed by atoms with Crippen LogP contribution in [0.2, 0.25) is 51.4 Å². The molecule has 34 heavy (non-hydrogen) atoms. The number of carboxylic acids is 2. The molecule has 0 fully saturated rings. The third-order valence-electron chi connectivity index (χ3n) is 5.00. The summed E-state index contributed by atoms with van der Waals surface area (Å²) < 4.78 is 14.3. The first kappa shape index (κ1) is 29.7. The van der Waals surface area contributed by atoms with Gasteiger partial charge in [-0.05, 0) is 25.9 Å². The minimum Gasteiger partial charge on any atom is -0.478 e. The predicted molar refractivity (Wildman–Crippen MR) is 135 cm³/mol. The third kappa shape index (κ3) is 11.2. The van der Waals surface area contributed by atoms with Crippen molar-refractivity contribution in [2.75, 3.05) is 13.2 Å². The van der Waals surface area contributed by atoms with Crippen molar-refractivity contribution < 1.29 is 34.0 Å². The molecule has 12 heteroatoms. The lowest BCUT2D eigenvalue weighted by Gasteiger charge is -2.15. The van der Waals surface area contributed by atoms with Gasteiger partial charge in [-0.25, -0.2) is 14.3 Å². The van der Waals surface area contributed by atoms with Crippen LogP contribution in [-0.4, -0.2) is 66.4 Å². The van der Waals surface area contributed by atoms with E-state index in [1.807, 2.05) is 0 Å². The van der Waals surface area contributed by atoms with Crippen molar-refractivity contribution in [3.8, 4) is 0 Å². The van der Waals surface area contributed by atoms with Crippen molar-refractivity contribution in [3.63, 3.8) is 0 Å². The first-order chi connectivity index (χ1) is 15.6. The molecule has 192 valence electrons. The van der Waals surface area contributed by atoms with Crippen LogP contribution in [0.15, 0.2) is 12.4 Å². The van der Waals surface area contributed by atoms with Crippen molar-refractivity contribution in [1.82, 2.24) is 14.9 Å². The second-order valence-electron chi connectivity index (χ2n) is 10.7. The van der Waals surface area contributed by atoms with E-state index >= 15 is 0 Å². The number of carboxylic acid groups (broad SMARTS) is 2. The molecule has 0 amide bonds. The molecule has 0 saturated carbocycles. The smallest absolute Gasteiger partial charge is 0.343 e. The molecule has 2 rings (SSSR count). The molecule has 0 radical (unpaired) electrons. The summed E-state index contributed by atoms with van der Waals surface area (Å²) in [7, 11) is -2.13. The number of hydrogen-bond donors (Lipinski definition) is 3. The SMILES string of the molecule is Cc1[nH][n+](COCC[Si](C)(C)C)cc1C(=O)O.Cc1c(C(=O)O)cnn1COCC[Si](C)(C)C. The fourth-order valence-electron chi connectivity index (χ4n) is 2.70. The van der Waals surface area contributed by atoms with Gasteiger partial charge in [0.1, 0.15) is 17.9 Å². The van der Waals surface area contributed by atoms with Crippen molar-refractivity contribution in [3.05, 3.63) is 34.9 Å². The van der Waals surface area contributed by atoms with Gasteiger partial charge in [0.25, 0.3) is 6.73 Å². The van der Waals surface area contributed by atoms with Gasteiger partial charge < -0.3 is 19.7 Å². The fourth-order valence-corrected chi connectivity index (χ4v) is 4.22. The number of ether oxygens (including phenoxy) is 2. The first-order valence-corrected chi connectivity index (χ1v) is 18.8. The van der Waals surface area contributed by atoms with Gasteiger partial charge >= 0.3 is 11.9 Å². The van der Waals surface area contributed by atoms with Gasteiger partial charge in [0, 0.05) is 22.8 Å². The maximum Gasteiger partial charge on any atom is 0.343 e. The highest BCUT2D eigenvalue weighted by Gasteiger charge is 2.18. The van der Waals surface area contributed by atoms with E-state index in [2.05, 4.69) is 49.5 Å². The van der Waals surface area contributed by atoms with Crippen LogP contribution in [0.4, 0.5) is 0 Å². The third-order valence-corrected chi connectivity index (χ3v) is 8.41. The minimum atomic E-state index is -1.07. The standard InChI is InChI=1S/2C11H20N2O3Si/c1-9-10(11(14)15)7-13(12-9)8-16-5-6-17(2,3)4;1-9-10(11(14)15)7-12-13(9)8-16-5-6-17(2,3)4/h2*7H,5-6,8H2,1-4H3,(H,14,15)/p+1. The molecule has 0 saturated heterocycles. The van der Waals surface area contributed by atoms with E-state index in [4.69, 9.17) is 19.7 Å². The average molecular weight is 514 g/mol. The molecule has 0 aromatic carbocycles. The maximum absolute atomic E-state index is 10.8. The summed E-state index contributed by atoms with van der Waals surface area (Å²) in [6, 6.07) is 2.21. The second-order valence-corrected chi connectivity index (χ2v) is 21.9. The monoisotopic (exact) mass is 513 g/mol. The Hall–Kier alpha value is -2.29. The van der Waals surface area contributed by atoms with Gasteiger partial charge in [-0.2, -0.15) is 10.2 Å². The van der Waals surface area contributed by atoms with Gasteiger partial charge in [-0.1, -0.05) is 44.0 Å². The maximum atomic E-state index is 10.8. The summed E-state index contributed by atoms with van der Waals surface area (Å²) in [4.78, 5) is 21.6. The van der Waals surface area contributed by atoms with Crippen LogP contribution in [-0.2, 0) is 22.9 Å². The van der Waals surface area contributed by atoms with E-state index in [0.717, 1.165) is 18.7 Å². The van der Waals surface area contributed by atoms with E-state index in [1.54, 1.807) is 29.4 Å². The summed E-state index contributed by atoms with van der Waals surface area (Å²) in [6.07, 6.45) is 2.92. The zero-order chi connectivity index (χ0) is 26.1. The highest BCUT2D eigenvalue weighted by Crippen LogP contribution is 2.10. The van der Waals surface area contributed by atoms with Crippen molar-refractivity contribution >= 4 is 28.1 Å². The number of H-pyrrole nitrogens is 1. The zero-order valence-electron chi connectivity index (χ0n) is 21.8. The number of carbonyl (C=O) groups is 2. The molecule has 2 heterocycles. The van der Waals surface area contributed by atoms with Crippen molar-refractivity contribution in [2.24, 2.45) is 0 Å². The molecule has 0 spiro atoms. The topological polar surface area (TPSA) is 131 Å². The molecular weight excluding hydrogens is 472 g/mol. The molecule has 3 N–H and O–H groups in total. The Morgan fingerprint density at radius 3 is 1.94 bits per heavy atom. The largest absolute Gasteiger partial charge is 0.478 e. The van der Waals surface area contributed by atoms with Crippen molar-refractivity contribution in [2.45, 2.75) is 78.7 Å². The van der Waals surface area contributed by atoms with Crippen LogP contribution in [0.3, 0.4) is 0 Å². The molecule has 0 bridgehead atoms. The first-order valence-electron chi connectivity index (χ1n) is 11.3. The summed E-state index contributed by atoms with van der Waals surface area (Å²) in [5.41, 5.74) is 1.80. The van der Waals surface area contributed by atoms with E-state index in [9.17, 15) is 9.59 Å². The summed E-state index contributed by atoms with van der Waals surface area (Å²) in [6.45, 7) is 19.4.